The normalized spacial score (nSPS) is 11.0. The highest BCUT2D eigenvalue weighted by Gasteiger charge is 2.22. The first-order valence-corrected chi connectivity index (χ1v) is 6.84. The van der Waals surface area contributed by atoms with E-state index < -0.39 is 17.3 Å². The van der Waals surface area contributed by atoms with Crippen LogP contribution in [0.1, 0.15) is 10.5 Å². The predicted octanol–water partition coefficient (Wildman–Crippen LogP) is 2.50. The molecule has 106 valence electrons. The lowest BCUT2D eigenvalue weighted by Crippen LogP contribution is -2.24. The van der Waals surface area contributed by atoms with E-state index in [2.05, 4.69) is 4.98 Å². The monoisotopic (exact) mass is 304 g/mol. The lowest BCUT2D eigenvalue weighted by molar-refractivity contribution is 0.0686. The molecule has 0 bridgehead atoms. The van der Waals surface area contributed by atoms with Gasteiger partial charge >= 0.3 is 5.97 Å². The molecule has 1 N–H and O–H groups in total. The zero-order valence-corrected chi connectivity index (χ0v) is 11.6. The van der Waals surface area contributed by atoms with E-state index in [1.807, 2.05) is 0 Å². The second-order valence-electron chi connectivity index (χ2n) is 4.43. The summed E-state index contributed by atoms with van der Waals surface area (Å²) in [5.74, 6) is -1.63. The van der Waals surface area contributed by atoms with Crippen LogP contribution in [-0.4, -0.2) is 20.6 Å². The van der Waals surface area contributed by atoms with Gasteiger partial charge in [-0.3, -0.25) is 4.79 Å². The number of carbonyl (C=O) groups is 1. The van der Waals surface area contributed by atoms with Crippen LogP contribution in [0, 0.1) is 5.82 Å². The van der Waals surface area contributed by atoms with E-state index in [9.17, 15) is 19.1 Å². The van der Waals surface area contributed by atoms with E-state index in [0.29, 0.717) is 15.8 Å². The van der Waals surface area contributed by atoms with Crippen molar-refractivity contribution in [2.24, 2.45) is 7.05 Å². The molecule has 0 saturated heterocycles. The van der Waals surface area contributed by atoms with Crippen LogP contribution in [0.3, 0.4) is 0 Å². The minimum absolute atomic E-state index is 0.136. The zero-order chi connectivity index (χ0) is 15.1. The number of carboxylic acids is 1. The summed E-state index contributed by atoms with van der Waals surface area (Å²) in [6.45, 7) is 0. The third-order valence-electron chi connectivity index (χ3n) is 3.21. The van der Waals surface area contributed by atoms with Crippen LogP contribution in [0.5, 0.6) is 0 Å². The molecule has 0 aliphatic rings. The van der Waals surface area contributed by atoms with E-state index in [4.69, 9.17) is 0 Å². The second-order valence-corrected chi connectivity index (χ2v) is 5.28. The van der Waals surface area contributed by atoms with Crippen LogP contribution in [0.2, 0.25) is 0 Å². The maximum atomic E-state index is 13.1. The lowest BCUT2D eigenvalue weighted by atomic mass is 10.0. The molecule has 0 unspecified atom stereocenters. The predicted molar refractivity (Wildman–Crippen MR) is 77.2 cm³/mol. The Kier molecular flexibility index (Phi) is 3.06. The summed E-state index contributed by atoms with van der Waals surface area (Å²) in [4.78, 5) is 27.7. The second kappa shape index (κ2) is 4.78. The van der Waals surface area contributed by atoms with Crippen molar-refractivity contribution in [1.82, 2.24) is 9.55 Å². The van der Waals surface area contributed by atoms with E-state index in [0.717, 1.165) is 4.57 Å². The number of carboxylic acid groups (broad SMARTS) is 1. The number of nitrogens with zero attached hydrogens (tertiary/aromatic N) is 2. The van der Waals surface area contributed by atoms with Gasteiger partial charge in [-0.2, -0.15) is 0 Å². The molecule has 0 aliphatic heterocycles. The first kappa shape index (κ1) is 13.4. The van der Waals surface area contributed by atoms with Gasteiger partial charge in [-0.25, -0.2) is 14.2 Å². The molecule has 5 nitrogen and oxygen atoms in total. The number of thiazole rings is 1. The first-order valence-electron chi connectivity index (χ1n) is 5.96. The van der Waals surface area contributed by atoms with Crippen LogP contribution in [0.25, 0.3) is 21.3 Å². The topological polar surface area (TPSA) is 72.2 Å². The highest BCUT2D eigenvalue weighted by molar-refractivity contribution is 7.17. The maximum absolute atomic E-state index is 13.1. The fourth-order valence-electron chi connectivity index (χ4n) is 2.25. The van der Waals surface area contributed by atoms with Gasteiger partial charge in [0.2, 0.25) is 0 Å². The van der Waals surface area contributed by atoms with Crippen molar-refractivity contribution in [3.05, 3.63) is 51.6 Å². The van der Waals surface area contributed by atoms with Crippen molar-refractivity contribution in [3.63, 3.8) is 0 Å². The minimum Gasteiger partial charge on any atom is -0.477 e. The van der Waals surface area contributed by atoms with E-state index in [1.54, 1.807) is 0 Å². The fraction of sp³-hybridized carbons (Fsp3) is 0.0714. The summed E-state index contributed by atoms with van der Waals surface area (Å²) >= 11 is 1.19. The Morgan fingerprint density at radius 3 is 2.62 bits per heavy atom. The molecular weight excluding hydrogens is 295 g/mol. The minimum atomic E-state index is -1.22. The van der Waals surface area contributed by atoms with Crippen molar-refractivity contribution in [3.8, 4) is 11.1 Å². The zero-order valence-electron chi connectivity index (χ0n) is 10.8. The van der Waals surface area contributed by atoms with E-state index >= 15 is 0 Å². The number of fused-ring (bicyclic) bond motifs is 1. The van der Waals surface area contributed by atoms with Gasteiger partial charge in [0.25, 0.3) is 5.56 Å². The number of pyridine rings is 1. The van der Waals surface area contributed by atoms with Crippen LogP contribution in [-0.2, 0) is 7.05 Å². The number of halogens is 1. The Morgan fingerprint density at radius 2 is 2.00 bits per heavy atom. The summed E-state index contributed by atoms with van der Waals surface area (Å²) in [5, 5.41) is 9.43. The van der Waals surface area contributed by atoms with Crippen LogP contribution in [0.4, 0.5) is 4.39 Å². The molecule has 2 aromatic heterocycles. The van der Waals surface area contributed by atoms with Gasteiger partial charge in [0.1, 0.15) is 17.0 Å². The molecule has 0 amide bonds. The van der Waals surface area contributed by atoms with Gasteiger partial charge in [-0.05, 0) is 17.7 Å². The average molecular weight is 304 g/mol. The van der Waals surface area contributed by atoms with Crippen molar-refractivity contribution < 1.29 is 14.3 Å². The third kappa shape index (κ3) is 2.02. The summed E-state index contributed by atoms with van der Waals surface area (Å²) in [5.41, 5.74) is 2.01. The Hall–Kier alpha value is -2.54. The number of benzene rings is 1. The molecule has 0 spiro atoms. The largest absolute Gasteiger partial charge is 0.477 e. The maximum Gasteiger partial charge on any atom is 0.353 e. The SMILES string of the molecule is Cn1c(C(=O)O)c(-c2ccc(F)cc2)c2scnc2c1=O. The van der Waals surface area contributed by atoms with Gasteiger partial charge in [-0.15, -0.1) is 11.3 Å². The molecule has 0 fully saturated rings. The van der Waals surface area contributed by atoms with Crippen molar-refractivity contribution >= 4 is 27.5 Å². The van der Waals surface area contributed by atoms with Crippen molar-refractivity contribution in [2.75, 3.05) is 0 Å². The number of aromatic nitrogens is 2. The molecule has 7 heteroatoms. The van der Waals surface area contributed by atoms with Gasteiger partial charge in [-0.1, -0.05) is 12.1 Å². The summed E-state index contributed by atoms with van der Waals surface area (Å²) in [6, 6.07) is 5.47. The Labute approximate surface area is 121 Å². The van der Waals surface area contributed by atoms with Crippen LogP contribution < -0.4 is 5.56 Å². The molecular formula is C14H9FN2O3S. The molecule has 1 aromatic carbocycles. The molecule has 21 heavy (non-hydrogen) atoms. The highest BCUT2D eigenvalue weighted by Crippen LogP contribution is 2.32. The van der Waals surface area contributed by atoms with Gasteiger partial charge < -0.3 is 9.67 Å². The van der Waals surface area contributed by atoms with Crippen molar-refractivity contribution in [1.29, 1.82) is 0 Å². The summed E-state index contributed by atoms with van der Waals surface area (Å²) in [7, 11) is 1.39. The van der Waals surface area contributed by atoms with Gasteiger partial charge in [0.15, 0.2) is 0 Å². The highest BCUT2D eigenvalue weighted by atomic mass is 32.1. The molecule has 0 atom stereocenters. The number of hydrogen-bond donors (Lipinski definition) is 1. The number of hydrogen-bond acceptors (Lipinski definition) is 4. The first-order chi connectivity index (χ1) is 10.0. The Bertz CT molecular complexity index is 912. The smallest absolute Gasteiger partial charge is 0.353 e. The Morgan fingerprint density at radius 1 is 1.33 bits per heavy atom. The number of aromatic carboxylic acids is 1. The summed E-state index contributed by atoms with van der Waals surface area (Å²) in [6.07, 6.45) is 0. The number of rotatable bonds is 2. The fourth-order valence-corrected chi connectivity index (χ4v) is 3.09. The standard InChI is InChI=1S/C14H9FN2O3S/c1-17-11(14(19)20)9(7-2-4-8(15)5-3-7)12-10(13(17)18)16-6-21-12/h2-6H,1H3,(H,19,20). The van der Waals surface area contributed by atoms with Crippen LogP contribution in [0.15, 0.2) is 34.6 Å². The van der Waals surface area contributed by atoms with Gasteiger partial charge in [0, 0.05) is 12.6 Å². The third-order valence-corrected chi connectivity index (χ3v) is 4.05. The van der Waals surface area contributed by atoms with E-state index in [1.165, 1.54) is 48.2 Å². The quantitative estimate of drug-likeness (QED) is 0.789. The Balaban J connectivity index is 2.50. The van der Waals surface area contributed by atoms with Crippen molar-refractivity contribution in [2.45, 2.75) is 0 Å². The van der Waals surface area contributed by atoms with Gasteiger partial charge in [0.05, 0.1) is 10.2 Å². The van der Waals surface area contributed by atoms with E-state index in [-0.39, 0.29) is 11.2 Å². The summed E-state index contributed by atoms with van der Waals surface area (Å²) < 4.78 is 14.6. The molecule has 0 saturated carbocycles. The molecule has 2 heterocycles. The molecule has 3 rings (SSSR count). The average Bonchev–Trinajstić information content (AvgIpc) is 2.92. The molecule has 3 aromatic rings. The molecule has 0 radical (unpaired) electrons. The van der Waals surface area contributed by atoms with Crippen LogP contribution >= 0.6 is 11.3 Å². The lowest BCUT2D eigenvalue weighted by Gasteiger charge is -2.11. The molecule has 0 aliphatic carbocycles.